The molecule has 12 heavy (non-hydrogen) atoms. The Morgan fingerprint density at radius 2 is 2.42 bits per heavy atom. The number of H-pyrrole nitrogens is 1. The standard InChI is InChI=1S/C9H13N3/c1-3-4-5-8-7(2)11-9(6-10)12-8/h3-5H,2,6,10H2,1H3,(H,11,12)/b4-3?,8-5+. The normalized spacial score (nSPS) is 13.0. The Labute approximate surface area is 71.3 Å². The number of aromatic amines is 1. The van der Waals surface area contributed by atoms with Gasteiger partial charge in [-0.1, -0.05) is 18.7 Å². The van der Waals surface area contributed by atoms with Gasteiger partial charge >= 0.3 is 0 Å². The van der Waals surface area contributed by atoms with Crippen LogP contribution in [0.5, 0.6) is 0 Å². The number of aromatic nitrogens is 2. The summed E-state index contributed by atoms with van der Waals surface area (Å²) in [6, 6.07) is 0. The minimum atomic E-state index is 0.423. The fourth-order valence-corrected chi connectivity index (χ4v) is 0.901. The lowest BCUT2D eigenvalue weighted by Gasteiger charge is -1.81. The molecule has 0 fully saturated rings. The van der Waals surface area contributed by atoms with Crippen molar-refractivity contribution in [3.05, 3.63) is 28.7 Å². The molecule has 3 nitrogen and oxygen atoms in total. The van der Waals surface area contributed by atoms with Crippen molar-refractivity contribution in [3.63, 3.8) is 0 Å². The lowest BCUT2D eigenvalue weighted by Crippen LogP contribution is -2.21. The molecule has 1 rings (SSSR count). The van der Waals surface area contributed by atoms with Gasteiger partial charge in [0, 0.05) is 0 Å². The van der Waals surface area contributed by atoms with Crippen LogP contribution in [-0.4, -0.2) is 9.97 Å². The van der Waals surface area contributed by atoms with Crippen molar-refractivity contribution in [2.75, 3.05) is 0 Å². The number of imidazole rings is 1. The number of rotatable bonds is 2. The van der Waals surface area contributed by atoms with E-state index in [1.165, 1.54) is 0 Å². The maximum absolute atomic E-state index is 5.41. The molecule has 0 spiro atoms. The lowest BCUT2D eigenvalue weighted by molar-refractivity contribution is 0.943. The van der Waals surface area contributed by atoms with E-state index in [0.717, 1.165) is 16.5 Å². The third-order valence-electron chi connectivity index (χ3n) is 1.50. The van der Waals surface area contributed by atoms with E-state index in [1.54, 1.807) is 0 Å². The quantitative estimate of drug-likeness (QED) is 0.625. The Balaban J connectivity index is 3.16. The van der Waals surface area contributed by atoms with Gasteiger partial charge in [-0.25, -0.2) is 4.98 Å². The van der Waals surface area contributed by atoms with Crippen molar-refractivity contribution in [2.45, 2.75) is 13.5 Å². The van der Waals surface area contributed by atoms with Crippen molar-refractivity contribution < 1.29 is 0 Å². The summed E-state index contributed by atoms with van der Waals surface area (Å²) in [5.41, 5.74) is 5.41. The summed E-state index contributed by atoms with van der Waals surface area (Å²) >= 11 is 0. The second-order valence-corrected chi connectivity index (χ2v) is 2.44. The average molecular weight is 163 g/mol. The average Bonchev–Trinajstić information content (AvgIpc) is 2.43. The van der Waals surface area contributed by atoms with E-state index in [1.807, 2.05) is 25.2 Å². The highest BCUT2D eigenvalue weighted by molar-refractivity contribution is 5.34. The first-order valence-corrected chi connectivity index (χ1v) is 3.85. The van der Waals surface area contributed by atoms with Gasteiger partial charge < -0.3 is 10.7 Å². The predicted molar refractivity (Wildman–Crippen MR) is 50.5 cm³/mol. The van der Waals surface area contributed by atoms with Crippen LogP contribution >= 0.6 is 0 Å². The SMILES string of the molecule is C=c1[nH]c(CN)n/c1=C/C=CC. The molecular weight excluding hydrogens is 150 g/mol. The van der Waals surface area contributed by atoms with Gasteiger partial charge in [-0.15, -0.1) is 0 Å². The van der Waals surface area contributed by atoms with E-state index in [4.69, 9.17) is 5.73 Å². The molecule has 0 aliphatic rings. The number of allylic oxidation sites excluding steroid dienone is 2. The number of nitrogens with two attached hydrogens (primary N) is 1. The van der Waals surface area contributed by atoms with Crippen molar-refractivity contribution in [2.24, 2.45) is 5.73 Å². The van der Waals surface area contributed by atoms with E-state index >= 15 is 0 Å². The topological polar surface area (TPSA) is 54.7 Å². The molecule has 0 bridgehead atoms. The molecule has 0 unspecified atom stereocenters. The van der Waals surface area contributed by atoms with Crippen molar-refractivity contribution in [1.29, 1.82) is 0 Å². The van der Waals surface area contributed by atoms with Crippen LogP contribution in [0.3, 0.4) is 0 Å². The van der Waals surface area contributed by atoms with Gasteiger partial charge in [-0.3, -0.25) is 0 Å². The molecule has 3 heteroatoms. The zero-order chi connectivity index (χ0) is 8.97. The molecule has 1 aromatic heterocycles. The number of nitrogens with one attached hydrogen (secondary N) is 1. The molecular formula is C9H13N3. The van der Waals surface area contributed by atoms with Gasteiger partial charge in [0.05, 0.1) is 17.2 Å². The molecule has 0 atom stereocenters. The first-order valence-electron chi connectivity index (χ1n) is 3.85. The largest absolute Gasteiger partial charge is 0.341 e. The first-order chi connectivity index (χ1) is 5.77. The smallest absolute Gasteiger partial charge is 0.121 e. The summed E-state index contributed by atoms with van der Waals surface area (Å²) in [4.78, 5) is 7.21. The summed E-state index contributed by atoms with van der Waals surface area (Å²) in [5.74, 6) is 0.774. The van der Waals surface area contributed by atoms with Crippen molar-refractivity contribution in [1.82, 2.24) is 9.97 Å². The minimum absolute atomic E-state index is 0.423. The van der Waals surface area contributed by atoms with Gasteiger partial charge in [0.25, 0.3) is 0 Å². The van der Waals surface area contributed by atoms with Crippen LogP contribution < -0.4 is 16.4 Å². The minimum Gasteiger partial charge on any atom is -0.341 e. The van der Waals surface area contributed by atoms with Gasteiger partial charge in [0.15, 0.2) is 0 Å². The summed E-state index contributed by atoms with van der Waals surface area (Å²) in [7, 11) is 0. The van der Waals surface area contributed by atoms with Crippen LogP contribution in [0.4, 0.5) is 0 Å². The van der Waals surface area contributed by atoms with Crippen LogP contribution in [-0.2, 0) is 6.54 Å². The van der Waals surface area contributed by atoms with Gasteiger partial charge in [-0.2, -0.15) is 0 Å². The van der Waals surface area contributed by atoms with E-state index in [2.05, 4.69) is 16.5 Å². The van der Waals surface area contributed by atoms with Crippen LogP contribution in [0.2, 0.25) is 0 Å². The highest BCUT2D eigenvalue weighted by Crippen LogP contribution is 1.75. The first kappa shape index (κ1) is 8.74. The van der Waals surface area contributed by atoms with Crippen LogP contribution in [0.25, 0.3) is 12.7 Å². The molecule has 0 saturated carbocycles. The summed E-state index contributed by atoms with van der Waals surface area (Å²) in [5, 5.41) is 1.67. The van der Waals surface area contributed by atoms with Gasteiger partial charge in [0.1, 0.15) is 5.82 Å². The van der Waals surface area contributed by atoms with Gasteiger partial charge in [-0.05, 0) is 13.0 Å². The fraction of sp³-hybridized carbons (Fsp3) is 0.222. The number of nitrogens with zero attached hydrogens (tertiary/aromatic N) is 1. The van der Waals surface area contributed by atoms with Gasteiger partial charge in [0.2, 0.25) is 0 Å². The molecule has 0 amide bonds. The molecule has 0 radical (unpaired) electrons. The Kier molecular flexibility index (Phi) is 2.82. The highest BCUT2D eigenvalue weighted by Gasteiger charge is 1.91. The number of hydrogen-bond acceptors (Lipinski definition) is 2. The Bertz CT molecular complexity index is 373. The van der Waals surface area contributed by atoms with Crippen LogP contribution in [0.1, 0.15) is 12.7 Å². The maximum Gasteiger partial charge on any atom is 0.121 e. The maximum atomic E-state index is 5.41. The Morgan fingerprint density at radius 3 is 2.92 bits per heavy atom. The molecule has 0 aliphatic carbocycles. The highest BCUT2D eigenvalue weighted by atomic mass is 14.9. The molecule has 1 heterocycles. The Hall–Kier alpha value is -1.35. The predicted octanol–water partition coefficient (Wildman–Crippen LogP) is -0.365. The monoisotopic (exact) mass is 163 g/mol. The number of hydrogen-bond donors (Lipinski definition) is 2. The van der Waals surface area contributed by atoms with Crippen molar-refractivity contribution in [3.8, 4) is 0 Å². The van der Waals surface area contributed by atoms with E-state index in [9.17, 15) is 0 Å². The summed E-state index contributed by atoms with van der Waals surface area (Å²) in [6.45, 7) is 6.18. The zero-order valence-corrected chi connectivity index (χ0v) is 7.17. The molecule has 0 aromatic carbocycles. The van der Waals surface area contributed by atoms with Crippen LogP contribution in [0, 0.1) is 0 Å². The van der Waals surface area contributed by atoms with Crippen molar-refractivity contribution >= 4 is 12.7 Å². The second-order valence-electron chi connectivity index (χ2n) is 2.44. The molecule has 0 saturated heterocycles. The van der Waals surface area contributed by atoms with E-state index in [-0.39, 0.29) is 0 Å². The Morgan fingerprint density at radius 1 is 1.67 bits per heavy atom. The zero-order valence-electron chi connectivity index (χ0n) is 7.17. The molecule has 1 aromatic rings. The summed E-state index contributed by atoms with van der Waals surface area (Å²) < 4.78 is 0. The third kappa shape index (κ3) is 1.83. The van der Waals surface area contributed by atoms with E-state index in [0.29, 0.717) is 6.54 Å². The van der Waals surface area contributed by atoms with Crippen LogP contribution in [0.15, 0.2) is 12.2 Å². The van der Waals surface area contributed by atoms with E-state index < -0.39 is 0 Å². The third-order valence-corrected chi connectivity index (χ3v) is 1.50. The lowest BCUT2D eigenvalue weighted by atomic mass is 10.4. The molecule has 64 valence electrons. The second kappa shape index (κ2) is 3.88. The fourth-order valence-electron chi connectivity index (χ4n) is 0.901. The summed E-state index contributed by atoms with van der Waals surface area (Å²) in [6.07, 6.45) is 5.76. The molecule has 3 N–H and O–H groups in total. The molecule has 0 aliphatic heterocycles.